The first kappa shape index (κ1) is 13.4. The van der Waals surface area contributed by atoms with Gasteiger partial charge in [-0.3, -0.25) is 9.59 Å². The van der Waals surface area contributed by atoms with E-state index in [-0.39, 0.29) is 17.8 Å². The highest BCUT2D eigenvalue weighted by Gasteiger charge is 2.57. The molecule has 3 rings (SSSR count). The number of hydrogen-bond donors (Lipinski definition) is 2. The van der Waals surface area contributed by atoms with Gasteiger partial charge in [-0.05, 0) is 0 Å². The molecule has 2 aliphatic rings. The van der Waals surface area contributed by atoms with Crippen LogP contribution < -0.4 is 10.3 Å². The summed E-state index contributed by atoms with van der Waals surface area (Å²) in [6.45, 7) is 0.580. The van der Waals surface area contributed by atoms with Crippen molar-refractivity contribution in [1.29, 1.82) is 0 Å². The number of thioether (sulfide) groups is 1. The molecular formula is C13H16N3O3S+. The number of nitrogens with two attached hydrogens (primary N) is 1. The van der Waals surface area contributed by atoms with Crippen LogP contribution in [-0.4, -0.2) is 45.6 Å². The molecule has 3 N–H and O–H groups in total. The molecule has 1 amide bonds. The lowest BCUT2D eigenvalue weighted by molar-refractivity contribution is -0.706. The van der Waals surface area contributed by atoms with Crippen LogP contribution in [0.15, 0.2) is 30.6 Å². The first-order chi connectivity index (χ1) is 9.53. The zero-order chi connectivity index (χ0) is 14.3. The number of carbonyl (C=O) groups excluding carboxylic acids is 1. The number of carboxylic acid groups (broad SMARTS) is 1. The Kier molecular flexibility index (Phi) is 3.18. The second-order valence-corrected chi connectivity index (χ2v) is 6.43. The number of amides is 1. The Morgan fingerprint density at radius 1 is 1.50 bits per heavy atom. The zero-order valence-corrected chi connectivity index (χ0v) is 11.6. The van der Waals surface area contributed by atoms with Crippen molar-refractivity contribution in [3.63, 3.8) is 0 Å². The number of rotatable bonds is 3. The van der Waals surface area contributed by atoms with Gasteiger partial charge in [0.25, 0.3) is 0 Å². The summed E-state index contributed by atoms with van der Waals surface area (Å²) >= 11 is 1.47. The van der Waals surface area contributed by atoms with Crippen molar-refractivity contribution in [2.24, 2.45) is 11.1 Å². The Morgan fingerprint density at radius 2 is 2.20 bits per heavy atom. The summed E-state index contributed by atoms with van der Waals surface area (Å²) in [7, 11) is 0. The van der Waals surface area contributed by atoms with Crippen LogP contribution in [-0.2, 0) is 16.1 Å². The van der Waals surface area contributed by atoms with E-state index in [4.69, 9.17) is 5.73 Å². The van der Waals surface area contributed by atoms with Gasteiger partial charge < -0.3 is 15.7 Å². The van der Waals surface area contributed by atoms with Crippen LogP contribution in [0, 0.1) is 5.41 Å². The van der Waals surface area contributed by atoms with E-state index >= 15 is 0 Å². The van der Waals surface area contributed by atoms with Crippen LogP contribution in [0.25, 0.3) is 0 Å². The Labute approximate surface area is 120 Å². The van der Waals surface area contributed by atoms with Gasteiger partial charge in [0, 0.05) is 24.4 Å². The van der Waals surface area contributed by atoms with Crippen LogP contribution in [0.4, 0.5) is 0 Å². The molecule has 0 bridgehead atoms. The van der Waals surface area contributed by atoms with E-state index in [1.165, 1.54) is 11.8 Å². The molecule has 0 radical (unpaired) electrons. The van der Waals surface area contributed by atoms with Gasteiger partial charge in [0.1, 0.15) is 11.4 Å². The van der Waals surface area contributed by atoms with Crippen LogP contribution in [0.1, 0.15) is 0 Å². The minimum absolute atomic E-state index is 0.0595. The first-order valence-electron chi connectivity index (χ1n) is 6.39. The third-order valence-electron chi connectivity index (χ3n) is 3.90. The third-order valence-corrected chi connectivity index (χ3v) is 5.51. The number of carboxylic acids is 1. The third kappa shape index (κ3) is 1.97. The monoisotopic (exact) mass is 294 g/mol. The Bertz CT molecular complexity index is 553. The Hall–Kier alpha value is -1.60. The summed E-state index contributed by atoms with van der Waals surface area (Å²) in [4.78, 5) is 25.1. The molecule has 0 saturated carbocycles. The van der Waals surface area contributed by atoms with Crippen molar-refractivity contribution in [3.05, 3.63) is 30.6 Å². The number of β-lactam (4-membered cyclic amide) rings is 1. The molecule has 0 aliphatic carbocycles. The molecule has 1 unspecified atom stereocenters. The topological polar surface area (TPSA) is 87.5 Å². The molecule has 0 spiro atoms. The lowest BCUT2D eigenvalue weighted by atomic mass is 9.87. The van der Waals surface area contributed by atoms with Gasteiger partial charge in [-0.25, -0.2) is 4.57 Å². The van der Waals surface area contributed by atoms with E-state index in [2.05, 4.69) is 0 Å². The van der Waals surface area contributed by atoms with Gasteiger partial charge in [0.15, 0.2) is 24.4 Å². The minimum Gasteiger partial charge on any atom is -0.481 e. The van der Waals surface area contributed by atoms with Crippen molar-refractivity contribution >= 4 is 23.6 Å². The molecule has 0 aromatic carbocycles. The quantitative estimate of drug-likeness (QED) is 0.568. The normalized spacial score (nSPS) is 32.5. The molecule has 2 saturated heterocycles. The highest BCUT2D eigenvalue weighted by Crippen LogP contribution is 2.41. The summed E-state index contributed by atoms with van der Waals surface area (Å²) in [6.07, 6.45) is 3.68. The molecule has 3 heterocycles. The average molecular weight is 294 g/mol. The molecule has 2 fully saturated rings. The summed E-state index contributed by atoms with van der Waals surface area (Å²) in [5, 5.41) is 9.57. The molecule has 3 atom stereocenters. The Morgan fingerprint density at radius 3 is 2.85 bits per heavy atom. The SMILES string of the molecule is N[C@@H]1C(=O)N2CC(C[n+]3ccccc3)(C(=O)O)CS[C@H]12. The minimum atomic E-state index is -0.955. The van der Waals surface area contributed by atoms with Crippen LogP contribution in [0.5, 0.6) is 0 Å². The number of carbonyl (C=O) groups is 2. The van der Waals surface area contributed by atoms with Gasteiger partial charge in [0.2, 0.25) is 5.91 Å². The summed E-state index contributed by atoms with van der Waals surface area (Å²) in [6, 6.07) is 5.13. The number of fused-ring (bicyclic) bond motifs is 1. The average Bonchev–Trinajstić information content (AvgIpc) is 2.47. The number of aromatic nitrogens is 1. The van der Waals surface area contributed by atoms with E-state index in [1.54, 1.807) is 4.90 Å². The fourth-order valence-corrected chi connectivity index (χ4v) is 4.19. The van der Waals surface area contributed by atoms with E-state index < -0.39 is 17.4 Å². The molecule has 1 aromatic heterocycles. The van der Waals surface area contributed by atoms with E-state index in [1.807, 2.05) is 35.2 Å². The molecular weight excluding hydrogens is 278 g/mol. The van der Waals surface area contributed by atoms with Gasteiger partial charge >= 0.3 is 5.97 Å². The zero-order valence-electron chi connectivity index (χ0n) is 10.8. The highest BCUT2D eigenvalue weighted by atomic mass is 32.2. The van der Waals surface area contributed by atoms with Gasteiger partial charge in [-0.15, -0.1) is 11.8 Å². The van der Waals surface area contributed by atoms with E-state index in [0.29, 0.717) is 12.3 Å². The maximum absolute atomic E-state index is 11.7. The van der Waals surface area contributed by atoms with Gasteiger partial charge in [-0.2, -0.15) is 0 Å². The number of nitrogens with zero attached hydrogens (tertiary/aromatic N) is 2. The van der Waals surface area contributed by atoms with Crippen molar-refractivity contribution < 1.29 is 19.3 Å². The van der Waals surface area contributed by atoms with Crippen molar-refractivity contribution in [3.8, 4) is 0 Å². The smallest absolute Gasteiger partial charge is 0.318 e. The molecule has 106 valence electrons. The van der Waals surface area contributed by atoms with Crippen LogP contribution in [0.2, 0.25) is 0 Å². The maximum Gasteiger partial charge on any atom is 0.318 e. The standard InChI is InChI=1S/C13H15N3O3S/c14-9-10(17)16-7-13(12(18)19,8-20-11(9)16)6-15-4-2-1-3-5-15/h1-5,9,11H,6-8,14H2/p+1/t9-,11-,13?/m1/s1. The van der Waals surface area contributed by atoms with Gasteiger partial charge in [0.05, 0.1) is 0 Å². The van der Waals surface area contributed by atoms with E-state index in [9.17, 15) is 14.7 Å². The van der Waals surface area contributed by atoms with Gasteiger partial charge in [-0.1, -0.05) is 6.07 Å². The van der Waals surface area contributed by atoms with Crippen molar-refractivity contribution in [1.82, 2.24) is 4.90 Å². The first-order valence-corrected chi connectivity index (χ1v) is 7.43. The highest BCUT2D eigenvalue weighted by molar-refractivity contribution is 8.00. The maximum atomic E-state index is 11.7. The molecule has 20 heavy (non-hydrogen) atoms. The molecule has 6 nitrogen and oxygen atoms in total. The fourth-order valence-electron chi connectivity index (χ4n) is 2.71. The summed E-state index contributed by atoms with van der Waals surface area (Å²) in [5.41, 5.74) is 4.77. The molecule has 7 heteroatoms. The lowest BCUT2D eigenvalue weighted by Gasteiger charge is -2.51. The number of hydrogen-bond acceptors (Lipinski definition) is 4. The van der Waals surface area contributed by atoms with Crippen LogP contribution >= 0.6 is 11.8 Å². The second kappa shape index (κ2) is 4.75. The van der Waals surface area contributed by atoms with E-state index in [0.717, 1.165) is 0 Å². The Balaban J connectivity index is 1.83. The van der Waals surface area contributed by atoms with Crippen molar-refractivity contribution in [2.75, 3.05) is 12.3 Å². The fraction of sp³-hybridized carbons (Fsp3) is 0.462. The van der Waals surface area contributed by atoms with Crippen molar-refractivity contribution in [2.45, 2.75) is 18.0 Å². The predicted octanol–water partition coefficient (Wildman–Crippen LogP) is -0.712. The van der Waals surface area contributed by atoms with Crippen LogP contribution in [0.3, 0.4) is 0 Å². The predicted molar refractivity (Wildman–Crippen MR) is 72.6 cm³/mol. The second-order valence-electron chi connectivity index (χ2n) is 5.33. The number of pyridine rings is 1. The number of aliphatic carboxylic acids is 1. The molecule has 2 aliphatic heterocycles. The largest absolute Gasteiger partial charge is 0.481 e. The summed E-state index contributed by atoms with van der Waals surface area (Å²) < 4.78 is 1.85. The summed E-state index contributed by atoms with van der Waals surface area (Å²) in [5.74, 6) is -0.550. The molecule has 1 aromatic rings. The lowest BCUT2D eigenvalue weighted by Crippen LogP contribution is -2.73.